The Morgan fingerprint density at radius 2 is 1.96 bits per heavy atom. The summed E-state index contributed by atoms with van der Waals surface area (Å²) in [7, 11) is 0. The summed E-state index contributed by atoms with van der Waals surface area (Å²) in [5, 5.41) is 11.0. The average Bonchev–Trinajstić information content (AvgIpc) is 3.02. The van der Waals surface area contributed by atoms with Crippen LogP contribution in [0.4, 0.5) is 13.2 Å². The van der Waals surface area contributed by atoms with Crippen molar-refractivity contribution in [2.24, 2.45) is 0 Å². The minimum atomic E-state index is -4.63. The highest BCUT2D eigenvalue weighted by molar-refractivity contribution is 5.95. The number of carboxylic acid groups (broad SMARTS) is 1. The molecule has 2 rings (SSSR count). The van der Waals surface area contributed by atoms with Crippen molar-refractivity contribution in [2.45, 2.75) is 32.7 Å². The predicted molar refractivity (Wildman–Crippen MR) is 84.0 cm³/mol. The molecule has 1 amide bonds. The fourth-order valence-corrected chi connectivity index (χ4v) is 2.15. The summed E-state index contributed by atoms with van der Waals surface area (Å²) in [6.07, 6.45) is -4.04. The molecule has 0 saturated heterocycles. The van der Waals surface area contributed by atoms with Crippen molar-refractivity contribution >= 4 is 11.9 Å². The normalized spacial score (nSPS) is 11.5. The smallest absolute Gasteiger partial charge is 0.416 e. The lowest BCUT2D eigenvalue weighted by Gasteiger charge is -2.16. The molecule has 0 unspecified atom stereocenters. The Morgan fingerprint density at radius 1 is 1.27 bits per heavy atom. The predicted octanol–water partition coefficient (Wildman–Crippen LogP) is 3.71. The van der Waals surface area contributed by atoms with Gasteiger partial charge in [0.2, 0.25) is 0 Å². The largest absolute Gasteiger partial charge is 0.491 e. The molecule has 140 valence electrons. The lowest BCUT2D eigenvalue weighted by molar-refractivity contribution is -0.138. The maximum absolute atomic E-state index is 13.3. The lowest BCUT2D eigenvalue weighted by atomic mass is 10.1. The van der Waals surface area contributed by atoms with E-state index in [4.69, 9.17) is 14.3 Å². The van der Waals surface area contributed by atoms with Crippen LogP contribution in [0, 0.1) is 0 Å². The van der Waals surface area contributed by atoms with Crippen LogP contribution in [0.3, 0.4) is 0 Å². The van der Waals surface area contributed by atoms with Gasteiger partial charge in [0.25, 0.3) is 5.91 Å². The van der Waals surface area contributed by atoms with Crippen molar-refractivity contribution in [3.8, 4) is 5.75 Å². The Kier molecular flexibility index (Phi) is 5.59. The number of ether oxygens (including phenoxy) is 1. The van der Waals surface area contributed by atoms with Gasteiger partial charge in [-0.15, -0.1) is 0 Å². The van der Waals surface area contributed by atoms with Gasteiger partial charge in [-0.3, -0.25) is 4.79 Å². The number of nitrogens with one attached hydrogen (secondary N) is 1. The first-order valence-electron chi connectivity index (χ1n) is 7.54. The van der Waals surface area contributed by atoms with Crippen LogP contribution in [0.5, 0.6) is 5.75 Å². The standard InChI is InChI=1S/C17H16F3NO5/c1-9(2)26-12-4-3-10(13(6-12)17(18,19)20)7-21-15(22)14-5-11(8-25-14)16(23)24/h3-6,8-9H,7H2,1-2H3,(H,21,22)(H,23,24). The van der Waals surface area contributed by atoms with Gasteiger partial charge < -0.3 is 19.6 Å². The number of amides is 1. The van der Waals surface area contributed by atoms with Crippen LogP contribution in [0.2, 0.25) is 0 Å². The Bertz CT molecular complexity index is 811. The van der Waals surface area contributed by atoms with E-state index in [2.05, 4.69) is 5.32 Å². The van der Waals surface area contributed by atoms with Crippen LogP contribution in [-0.2, 0) is 12.7 Å². The number of carbonyl (C=O) groups excluding carboxylic acids is 1. The van der Waals surface area contributed by atoms with Crippen molar-refractivity contribution in [1.29, 1.82) is 0 Å². The molecule has 1 aromatic carbocycles. The first-order chi connectivity index (χ1) is 12.1. The number of carboxylic acids is 1. The van der Waals surface area contributed by atoms with E-state index in [0.29, 0.717) is 0 Å². The highest BCUT2D eigenvalue weighted by Gasteiger charge is 2.34. The van der Waals surface area contributed by atoms with E-state index in [9.17, 15) is 22.8 Å². The summed E-state index contributed by atoms with van der Waals surface area (Å²) >= 11 is 0. The molecule has 0 fully saturated rings. The van der Waals surface area contributed by atoms with Crippen LogP contribution < -0.4 is 10.1 Å². The molecule has 0 radical (unpaired) electrons. The van der Waals surface area contributed by atoms with Gasteiger partial charge in [0.1, 0.15) is 12.0 Å². The molecule has 2 aromatic rings. The molecule has 1 heterocycles. The summed E-state index contributed by atoms with van der Waals surface area (Å²) in [5.41, 5.74) is -1.32. The molecule has 0 bridgehead atoms. The third-order valence-electron chi connectivity index (χ3n) is 3.27. The topological polar surface area (TPSA) is 88.8 Å². The molecule has 0 aliphatic heterocycles. The van der Waals surface area contributed by atoms with Gasteiger partial charge in [-0.1, -0.05) is 6.07 Å². The first kappa shape index (κ1) is 19.4. The molecule has 0 aliphatic carbocycles. The molecule has 26 heavy (non-hydrogen) atoms. The maximum Gasteiger partial charge on any atom is 0.416 e. The molecule has 9 heteroatoms. The second-order valence-electron chi connectivity index (χ2n) is 5.67. The molecule has 6 nitrogen and oxygen atoms in total. The first-order valence-corrected chi connectivity index (χ1v) is 7.54. The van der Waals surface area contributed by atoms with E-state index in [-0.39, 0.29) is 28.7 Å². The maximum atomic E-state index is 13.3. The van der Waals surface area contributed by atoms with Crippen LogP contribution in [0.25, 0.3) is 0 Å². The van der Waals surface area contributed by atoms with Crippen LogP contribution in [0.1, 0.15) is 45.9 Å². The highest BCUT2D eigenvalue weighted by atomic mass is 19.4. The van der Waals surface area contributed by atoms with Crippen LogP contribution >= 0.6 is 0 Å². The number of hydrogen-bond donors (Lipinski definition) is 2. The number of furan rings is 1. The SMILES string of the molecule is CC(C)Oc1ccc(CNC(=O)c2cc(C(=O)O)co2)c(C(F)(F)F)c1. The van der Waals surface area contributed by atoms with E-state index < -0.39 is 30.2 Å². The minimum absolute atomic E-state index is 0.0690. The third-order valence-corrected chi connectivity index (χ3v) is 3.27. The Labute approximate surface area is 146 Å². The molecular weight excluding hydrogens is 355 g/mol. The molecule has 0 spiro atoms. The number of aromatic carboxylic acids is 1. The third kappa shape index (κ3) is 4.78. The van der Waals surface area contributed by atoms with Crippen molar-refractivity contribution in [2.75, 3.05) is 0 Å². The number of rotatable bonds is 6. The Hall–Kier alpha value is -2.97. The molecule has 0 aliphatic rings. The van der Waals surface area contributed by atoms with E-state index >= 15 is 0 Å². The fraction of sp³-hybridized carbons (Fsp3) is 0.294. The van der Waals surface area contributed by atoms with Gasteiger partial charge in [-0.05, 0) is 31.5 Å². The van der Waals surface area contributed by atoms with Gasteiger partial charge in [0, 0.05) is 12.6 Å². The Morgan fingerprint density at radius 3 is 2.50 bits per heavy atom. The zero-order chi connectivity index (χ0) is 19.5. The zero-order valence-corrected chi connectivity index (χ0v) is 13.9. The second kappa shape index (κ2) is 7.51. The van der Waals surface area contributed by atoms with Crippen LogP contribution in [0.15, 0.2) is 34.9 Å². The number of benzene rings is 1. The summed E-state index contributed by atoms with van der Waals surface area (Å²) < 4.78 is 49.8. The van der Waals surface area contributed by atoms with E-state index in [1.807, 2.05) is 0 Å². The average molecular weight is 371 g/mol. The monoisotopic (exact) mass is 371 g/mol. The second-order valence-corrected chi connectivity index (χ2v) is 5.67. The molecule has 0 saturated carbocycles. The van der Waals surface area contributed by atoms with Crippen molar-refractivity contribution in [3.63, 3.8) is 0 Å². The number of hydrogen-bond acceptors (Lipinski definition) is 4. The van der Waals surface area contributed by atoms with Gasteiger partial charge in [0.05, 0.1) is 17.2 Å². The lowest BCUT2D eigenvalue weighted by Crippen LogP contribution is -2.24. The summed E-state index contributed by atoms with van der Waals surface area (Å²) in [4.78, 5) is 22.7. The van der Waals surface area contributed by atoms with Gasteiger partial charge in [0.15, 0.2) is 5.76 Å². The van der Waals surface area contributed by atoms with E-state index in [1.165, 1.54) is 12.1 Å². The summed E-state index contributed by atoms with van der Waals surface area (Å²) in [6.45, 7) is 2.96. The van der Waals surface area contributed by atoms with Crippen LogP contribution in [-0.4, -0.2) is 23.1 Å². The number of alkyl halides is 3. The van der Waals surface area contributed by atoms with E-state index in [0.717, 1.165) is 18.4 Å². The fourth-order valence-electron chi connectivity index (χ4n) is 2.15. The zero-order valence-electron chi connectivity index (χ0n) is 13.9. The quantitative estimate of drug-likeness (QED) is 0.808. The van der Waals surface area contributed by atoms with Gasteiger partial charge >= 0.3 is 12.1 Å². The molecule has 2 N–H and O–H groups in total. The van der Waals surface area contributed by atoms with Gasteiger partial charge in [-0.25, -0.2) is 4.79 Å². The number of halogens is 3. The highest BCUT2D eigenvalue weighted by Crippen LogP contribution is 2.34. The van der Waals surface area contributed by atoms with Crippen molar-refractivity contribution in [1.82, 2.24) is 5.32 Å². The van der Waals surface area contributed by atoms with Crippen molar-refractivity contribution < 1.29 is 37.0 Å². The summed E-state index contributed by atoms with van der Waals surface area (Å²) in [6, 6.07) is 4.45. The summed E-state index contributed by atoms with van der Waals surface area (Å²) in [5.74, 6) is -2.35. The van der Waals surface area contributed by atoms with E-state index in [1.54, 1.807) is 13.8 Å². The molecular formula is C17H16F3NO5. The Balaban J connectivity index is 2.17. The van der Waals surface area contributed by atoms with Gasteiger partial charge in [-0.2, -0.15) is 13.2 Å². The molecule has 0 atom stereocenters. The van der Waals surface area contributed by atoms with Crippen molar-refractivity contribution in [3.05, 3.63) is 53.0 Å². The number of carbonyl (C=O) groups is 2. The minimum Gasteiger partial charge on any atom is -0.491 e. The molecule has 1 aromatic heterocycles.